The molecule has 0 amide bonds. The van der Waals surface area contributed by atoms with Gasteiger partial charge >= 0.3 is 0 Å². The van der Waals surface area contributed by atoms with Crippen molar-refractivity contribution in [3.8, 4) is 0 Å². The molecule has 0 aliphatic carbocycles. The molecule has 0 bridgehead atoms. The Balaban J connectivity index is 1.58. The quantitative estimate of drug-likeness (QED) is 0.841. The number of aryl methyl sites for hydroxylation is 2. The number of aromatic nitrogens is 4. The van der Waals surface area contributed by atoms with Crippen LogP contribution in [0.3, 0.4) is 0 Å². The minimum absolute atomic E-state index is 0.529. The molecule has 0 radical (unpaired) electrons. The highest BCUT2D eigenvalue weighted by Crippen LogP contribution is 2.23. The van der Waals surface area contributed by atoms with E-state index in [1.807, 2.05) is 13.8 Å². The van der Waals surface area contributed by atoms with Gasteiger partial charge in [-0.05, 0) is 39.2 Å². The smallest absolute Gasteiger partial charge is 0.147 e. The second kappa shape index (κ2) is 7.09. The number of rotatable bonds is 5. The molecule has 1 saturated heterocycles. The highest BCUT2D eigenvalue weighted by Gasteiger charge is 2.22. The summed E-state index contributed by atoms with van der Waals surface area (Å²) in [6, 6.07) is 0. The van der Waals surface area contributed by atoms with Crippen LogP contribution < -0.4 is 0 Å². The second-order valence-electron chi connectivity index (χ2n) is 6.96. The number of likely N-dealkylation sites (tertiary alicyclic amines) is 1. The van der Waals surface area contributed by atoms with Crippen molar-refractivity contribution >= 4 is 11.3 Å². The Bertz CT molecular complexity index is 645. The van der Waals surface area contributed by atoms with Crippen LogP contribution in [-0.2, 0) is 13.1 Å². The van der Waals surface area contributed by atoms with E-state index in [9.17, 15) is 0 Å². The monoisotopic (exact) mass is 333 g/mol. The van der Waals surface area contributed by atoms with E-state index in [-0.39, 0.29) is 0 Å². The fourth-order valence-corrected chi connectivity index (χ4v) is 4.14. The topological polar surface area (TPSA) is 46.8 Å². The van der Waals surface area contributed by atoms with Crippen molar-refractivity contribution in [3.05, 3.63) is 27.7 Å². The first-order valence-electron chi connectivity index (χ1n) is 8.56. The Morgan fingerprint density at radius 3 is 2.78 bits per heavy atom. The fraction of sp³-hybridized carbons (Fsp3) is 0.706. The molecule has 0 spiro atoms. The van der Waals surface area contributed by atoms with Crippen LogP contribution in [-0.4, -0.2) is 37.7 Å². The van der Waals surface area contributed by atoms with Gasteiger partial charge in [0.15, 0.2) is 0 Å². The highest BCUT2D eigenvalue weighted by atomic mass is 32.1. The van der Waals surface area contributed by atoms with E-state index in [1.54, 1.807) is 11.3 Å². The van der Waals surface area contributed by atoms with Crippen molar-refractivity contribution < 1.29 is 0 Å². The SMILES string of the molecule is Cc1nc(C)n(C[C@@H]2CCCN(Cc3csc(C(C)C)n3)C2)n1. The summed E-state index contributed by atoms with van der Waals surface area (Å²) in [6.07, 6.45) is 2.54. The third kappa shape index (κ3) is 4.18. The maximum absolute atomic E-state index is 4.78. The zero-order chi connectivity index (χ0) is 16.4. The van der Waals surface area contributed by atoms with Crippen LogP contribution in [0.4, 0.5) is 0 Å². The van der Waals surface area contributed by atoms with Gasteiger partial charge < -0.3 is 0 Å². The van der Waals surface area contributed by atoms with Gasteiger partial charge in [-0.2, -0.15) is 5.10 Å². The van der Waals surface area contributed by atoms with Gasteiger partial charge in [0, 0.05) is 30.9 Å². The summed E-state index contributed by atoms with van der Waals surface area (Å²) in [6.45, 7) is 12.7. The third-order valence-electron chi connectivity index (χ3n) is 4.45. The summed E-state index contributed by atoms with van der Waals surface area (Å²) in [7, 11) is 0. The van der Waals surface area contributed by atoms with E-state index in [2.05, 4.69) is 38.9 Å². The predicted octanol–water partition coefficient (Wildman–Crippen LogP) is 3.39. The zero-order valence-electron chi connectivity index (χ0n) is 14.6. The number of thiazole rings is 1. The molecule has 1 aliphatic heterocycles. The van der Waals surface area contributed by atoms with Crippen molar-refractivity contribution in [2.24, 2.45) is 5.92 Å². The van der Waals surface area contributed by atoms with E-state index in [0.29, 0.717) is 11.8 Å². The summed E-state index contributed by atoms with van der Waals surface area (Å²) in [4.78, 5) is 11.7. The molecule has 0 aromatic carbocycles. The molecule has 0 saturated carbocycles. The standard InChI is InChI=1S/C17H27N5S/c1-12(2)17-19-16(11-23-17)10-21-7-5-6-15(8-21)9-22-14(4)18-13(3)20-22/h11-12,15H,5-10H2,1-4H3/t15-/m1/s1. The first kappa shape index (κ1) is 16.6. The fourth-order valence-electron chi connectivity index (χ4n) is 3.31. The van der Waals surface area contributed by atoms with Gasteiger partial charge in [0.05, 0.1) is 10.7 Å². The molecular weight excluding hydrogens is 306 g/mol. The summed E-state index contributed by atoms with van der Waals surface area (Å²) in [5.74, 6) is 3.09. The molecule has 1 fully saturated rings. The second-order valence-corrected chi connectivity index (χ2v) is 7.85. The van der Waals surface area contributed by atoms with Crippen LogP contribution in [0.15, 0.2) is 5.38 Å². The molecule has 2 aromatic rings. The van der Waals surface area contributed by atoms with Crippen molar-refractivity contribution in [1.82, 2.24) is 24.6 Å². The Labute approximate surface area is 142 Å². The van der Waals surface area contributed by atoms with Crippen molar-refractivity contribution in [3.63, 3.8) is 0 Å². The Morgan fingerprint density at radius 2 is 2.13 bits per heavy atom. The van der Waals surface area contributed by atoms with E-state index < -0.39 is 0 Å². The summed E-state index contributed by atoms with van der Waals surface area (Å²) in [5.41, 5.74) is 1.23. The first-order valence-corrected chi connectivity index (χ1v) is 9.44. The lowest BCUT2D eigenvalue weighted by atomic mass is 9.98. The molecule has 3 heterocycles. The van der Waals surface area contributed by atoms with Crippen LogP contribution in [0, 0.1) is 19.8 Å². The number of hydrogen-bond acceptors (Lipinski definition) is 5. The zero-order valence-corrected chi connectivity index (χ0v) is 15.4. The molecule has 23 heavy (non-hydrogen) atoms. The molecule has 1 aliphatic rings. The molecule has 0 unspecified atom stereocenters. The Hall–Kier alpha value is -1.27. The van der Waals surface area contributed by atoms with Crippen LogP contribution in [0.5, 0.6) is 0 Å². The third-order valence-corrected chi connectivity index (χ3v) is 5.64. The average Bonchev–Trinajstić information content (AvgIpc) is 3.07. The summed E-state index contributed by atoms with van der Waals surface area (Å²) >= 11 is 1.79. The van der Waals surface area contributed by atoms with Crippen LogP contribution >= 0.6 is 11.3 Å². The molecule has 3 rings (SSSR count). The van der Waals surface area contributed by atoms with Crippen LogP contribution in [0.2, 0.25) is 0 Å². The van der Waals surface area contributed by atoms with Crippen molar-refractivity contribution in [2.75, 3.05) is 13.1 Å². The molecule has 5 nitrogen and oxygen atoms in total. The number of hydrogen-bond donors (Lipinski definition) is 0. The molecule has 6 heteroatoms. The molecule has 126 valence electrons. The largest absolute Gasteiger partial charge is 0.297 e. The van der Waals surface area contributed by atoms with Gasteiger partial charge in [-0.15, -0.1) is 11.3 Å². The van der Waals surface area contributed by atoms with E-state index in [1.165, 1.54) is 30.1 Å². The maximum Gasteiger partial charge on any atom is 0.147 e. The van der Waals surface area contributed by atoms with Crippen LogP contribution in [0.1, 0.15) is 55.0 Å². The summed E-state index contributed by atoms with van der Waals surface area (Å²) in [5, 5.41) is 7.99. The lowest BCUT2D eigenvalue weighted by Crippen LogP contribution is -2.37. The molecule has 2 aromatic heterocycles. The summed E-state index contributed by atoms with van der Waals surface area (Å²) < 4.78 is 2.07. The lowest BCUT2D eigenvalue weighted by Gasteiger charge is -2.32. The first-order chi connectivity index (χ1) is 11.0. The normalized spacial score (nSPS) is 19.6. The lowest BCUT2D eigenvalue weighted by molar-refractivity contribution is 0.151. The Kier molecular flexibility index (Phi) is 5.11. The van der Waals surface area contributed by atoms with E-state index >= 15 is 0 Å². The van der Waals surface area contributed by atoms with Gasteiger partial charge in [-0.25, -0.2) is 14.6 Å². The average molecular weight is 334 g/mol. The van der Waals surface area contributed by atoms with E-state index in [0.717, 1.165) is 31.3 Å². The minimum atomic E-state index is 0.529. The molecule has 1 atom stereocenters. The van der Waals surface area contributed by atoms with Gasteiger partial charge in [-0.1, -0.05) is 13.8 Å². The van der Waals surface area contributed by atoms with Gasteiger partial charge in [0.1, 0.15) is 11.6 Å². The van der Waals surface area contributed by atoms with Crippen LogP contribution in [0.25, 0.3) is 0 Å². The molecular formula is C17H27N5S. The molecule has 0 N–H and O–H groups in total. The predicted molar refractivity (Wildman–Crippen MR) is 93.7 cm³/mol. The van der Waals surface area contributed by atoms with Gasteiger partial charge in [-0.3, -0.25) is 4.90 Å². The Morgan fingerprint density at radius 1 is 1.30 bits per heavy atom. The van der Waals surface area contributed by atoms with E-state index in [4.69, 9.17) is 4.98 Å². The minimum Gasteiger partial charge on any atom is -0.297 e. The van der Waals surface area contributed by atoms with Crippen molar-refractivity contribution in [2.45, 2.75) is 59.5 Å². The maximum atomic E-state index is 4.78. The highest BCUT2D eigenvalue weighted by molar-refractivity contribution is 7.09. The van der Waals surface area contributed by atoms with Crippen molar-refractivity contribution in [1.29, 1.82) is 0 Å². The number of nitrogens with zero attached hydrogens (tertiary/aromatic N) is 5. The van der Waals surface area contributed by atoms with Gasteiger partial charge in [0.25, 0.3) is 0 Å². The number of piperidine rings is 1. The van der Waals surface area contributed by atoms with Gasteiger partial charge in [0.2, 0.25) is 0 Å².